The highest BCUT2D eigenvalue weighted by molar-refractivity contribution is 5.83. The van der Waals surface area contributed by atoms with Crippen molar-refractivity contribution in [3.05, 3.63) is 59.0 Å². The molecule has 1 fully saturated rings. The number of anilines is 1. The molecule has 2 aromatic carbocycles. The van der Waals surface area contributed by atoms with Gasteiger partial charge in [0.2, 0.25) is 0 Å². The highest BCUT2D eigenvalue weighted by Crippen LogP contribution is 2.31. The summed E-state index contributed by atoms with van der Waals surface area (Å²) >= 11 is 0. The molecule has 0 spiro atoms. The van der Waals surface area contributed by atoms with Gasteiger partial charge in [-0.3, -0.25) is 9.36 Å². The largest absolute Gasteiger partial charge is 0.495 e. The molecule has 7 nitrogen and oxygen atoms in total. The van der Waals surface area contributed by atoms with E-state index >= 15 is 0 Å². The maximum absolute atomic E-state index is 13.2. The van der Waals surface area contributed by atoms with E-state index in [9.17, 15) is 9.90 Å². The van der Waals surface area contributed by atoms with Gasteiger partial charge in [0.25, 0.3) is 5.56 Å². The molecule has 1 aromatic heterocycles. The summed E-state index contributed by atoms with van der Waals surface area (Å²) in [5.74, 6) is 1.41. The number of hydrogen-bond acceptors (Lipinski definition) is 6. The molecule has 0 amide bonds. The third-order valence-electron chi connectivity index (χ3n) is 6.29. The first-order valence-electron chi connectivity index (χ1n) is 11.6. The molecule has 0 saturated carbocycles. The summed E-state index contributed by atoms with van der Waals surface area (Å²) in [5.41, 5.74) is 1.72. The van der Waals surface area contributed by atoms with Gasteiger partial charge in [0.15, 0.2) is 0 Å². The molecule has 0 radical (unpaired) electrons. The predicted molar refractivity (Wildman–Crippen MR) is 132 cm³/mol. The Bertz CT molecular complexity index is 1160. The summed E-state index contributed by atoms with van der Waals surface area (Å²) in [7, 11) is 3.83. The Kier molecular flexibility index (Phi) is 7.20. The number of rotatable bonds is 7. The van der Waals surface area contributed by atoms with E-state index in [4.69, 9.17) is 9.47 Å². The zero-order valence-electron chi connectivity index (χ0n) is 19.7. The van der Waals surface area contributed by atoms with Gasteiger partial charge in [-0.15, -0.1) is 0 Å². The van der Waals surface area contributed by atoms with Crippen LogP contribution in [0.5, 0.6) is 11.5 Å². The standard InChI is InChI=1S/C26H33N3O4/c1-4-21(30)18-33-22-7-8-23-19(16-22)10-13-29(26(23)31)20-6-9-24(25(17-20)32-3)28-12-5-11-27(2)14-15-28/h6-10,13,16-17,21,30H,4-5,11-12,14-15,18H2,1-3H3/t21-/m0/s1. The third kappa shape index (κ3) is 5.15. The van der Waals surface area contributed by atoms with E-state index < -0.39 is 6.10 Å². The lowest BCUT2D eigenvalue weighted by Crippen LogP contribution is -2.29. The summed E-state index contributed by atoms with van der Waals surface area (Å²) in [6.07, 6.45) is 3.02. The third-order valence-corrected chi connectivity index (χ3v) is 6.29. The number of likely N-dealkylation sites (N-methyl/N-ethyl adjacent to an activating group) is 1. The first-order chi connectivity index (χ1) is 16.0. The Morgan fingerprint density at radius 3 is 2.70 bits per heavy atom. The van der Waals surface area contributed by atoms with Crippen molar-refractivity contribution in [3.63, 3.8) is 0 Å². The minimum Gasteiger partial charge on any atom is -0.495 e. The normalized spacial score (nSPS) is 15.9. The second-order valence-electron chi connectivity index (χ2n) is 8.61. The first kappa shape index (κ1) is 23.1. The summed E-state index contributed by atoms with van der Waals surface area (Å²) in [4.78, 5) is 17.9. The smallest absolute Gasteiger partial charge is 0.262 e. The van der Waals surface area contributed by atoms with Crippen molar-refractivity contribution in [3.8, 4) is 17.2 Å². The van der Waals surface area contributed by atoms with E-state index in [2.05, 4.69) is 16.8 Å². The van der Waals surface area contributed by atoms with E-state index in [0.29, 0.717) is 17.6 Å². The summed E-state index contributed by atoms with van der Waals surface area (Å²) in [6, 6.07) is 13.3. The molecule has 1 N–H and O–H groups in total. The van der Waals surface area contributed by atoms with E-state index in [0.717, 1.165) is 55.1 Å². The van der Waals surface area contributed by atoms with Crippen LogP contribution >= 0.6 is 0 Å². The molecule has 3 aromatic rings. The number of hydrogen-bond donors (Lipinski definition) is 1. The molecular formula is C26H33N3O4. The summed E-state index contributed by atoms with van der Waals surface area (Å²) in [6.45, 7) is 6.18. The highest BCUT2D eigenvalue weighted by atomic mass is 16.5. The lowest BCUT2D eigenvalue weighted by Gasteiger charge is -2.25. The topological polar surface area (TPSA) is 67.2 Å². The molecule has 7 heteroatoms. The van der Waals surface area contributed by atoms with Crippen molar-refractivity contribution in [1.82, 2.24) is 9.47 Å². The van der Waals surface area contributed by atoms with Crippen LogP contribution in [0.15, 0.2) is 53.5 Å². The number of nitrogens with zero attached hydrogens (tertiary/aromatic N) is 3. The number of pyridine rings is 1. The number of ether oxygens (including phenoxy) is 2. The fourth-order valence-electron chi connectivity index (χ4n) is 4.19. The molecule has 0 bridgehead atoms. The van der Waals surface area contributed by atoms with Crippen LogP contribution in [0.2, 0.25) is 0 Å². The Hall–Kier alpha value is -3.03. The van der Waals surface area contributed by atoms with Gasteiger partial charge in [-0.2, -0.15) is 0 Å². The van der Waals surface area contributed by atoms with Crippen LogP contribution in [0, 0.1) is 0 Å². The monoisotopic (exact) mass is 451 g/mol. The van der Waals surface area contributed by atoms with Gasteiger partial charge in [-0.05, 0) is 68.2 Å². The van der Waals surface area contributed by atoms with Gasteiger partial charge in [-0.25, -0.2) is 0 Å². The Morgan fingerprint density at radius 1 is 1.06 bits per heavy atom. The Labute approximate surface area is 194 Å². The van der Waals surface area contributed by atoms with Crippen LogP contribution in [-0.2, 0) is 0 Å². The molecule has 1 saturated heterocycles. The minimum absolute atomic E-state index is 0.0983. The molecule has 1 aliphatic rings. The van der Waals surface area contributed by atoms with Crippen LogP contribution in [0.4, 0.5) is 5.69 Å². The zero-order chi connectivity index (χ0) is 23.4. The SMILES string of the molecule is CC[C@H](O)COc1ccc2c(=O)n(-c3ccc(N4CCCN(C)CC4)c(OC)c3)ccc2c1. The number of aromatic nitrogens is 1. The second-order valence-corrected chi connectivity index (χ2v) is 8.61. The Balaban J connectivity index is 1.62. The maximum atomic E-state index is 13.2. The van der Waals surface area contributed by atoms with Gasteiger partial charge in [0.05, 0.1) is 24.6 Å². The van der Waals surface area contributed by atoms with Gasteiger partial charge in [0, 0.05) is 37.3 Å². The number of aliphatic hydroxyl groups excluding tert-OH is 1. The quantitative estimate of drug-likeness (QED) is 0.595. The molecule has 1 atom stereocenters. The van der Waals surface area contributed by atoms with Crippen molar-refractivity contribution in [2.24, 2.45) is 0 Å². The molecule has 2 heterocycles. The van der Waals surface area contributed by atoms with E-state index in [-0.39, 0.29) is 12.2 Å². The molecular weight excluding hydrogens is 418 g/mol. The second kappa shape index (κ2) is 10.3. The lowest BCUT2D eigenvalue weighted by molar-refractivity contribution is 0.104. The van der Waals surface area contributed by atoms with Crippen molar-refractivity contribution in [2.45, 2.75) is 25.9 Å². The van der Waals surface area contributed by atoms with Gasteiger partial charge >= 0.3 is 0 Å². The summed E-state index contributed by atoms with van der Waals surface area (Å²) in [5, 5.41) is 11.1. The van der Waals surface area contributed by atoms with Gasteiger partial charge < -0.3 is 24.4 Å². The van der Waals surface area contributed by atoms with Crippen LogP contribution in [0.3, 0.4) is 0 Å². The Morgan fingerprint density at radius 2 is 1.91 bits per heavy atom. The molecule has 4 rings (SSSR count). The summed E-state index contributed by atoms with van der Waals surface area (Å²) < 4.78 is 13.0. The number of aliphatic hydroxyl groups is 1. The average Bonchev–Trinajstić information content (AvgIpc) is 3.06. The van der Waals surface area contributed by atoms with E-state index in [1.165, 1.54) is 0 Å². The fraction of sp³-hybridized carbons (Fsp3) is 0.423. The highest BCUT2D eigenvalue weighted by Gasteiger charge is 2.17. The molecule has 0 aliphatic carbocycles. The van der Waals surface area contributed by atoms with Gasteiger partial charge in [-0.1, -0.05) is 6.92 Å². The van der Waals surface area contributed by atoms with Crippen molar-refractivity contribution in [1.29, 1.82) is 0 Å². The average molecular weight is 452 g/mol. The van der Waals surface area contributed by atoms with Crippen LogP contribution in [-0.4, -0.2) is 67.6 Å². The number of benzene rings is 2. The first-order valence-corrected chi connectivity index (χ1v) is 11.6. The predicted octanol–water partition coefficient (Wildman–Crippen LogP) is 3.29. The molecule has 0 unspecified atom stereocenters. The van der Waals surface area contributed by atoms with E-state index in [1.807, 2.05) is 37.3 Å². The molecule has 176 valence electrons. The number of fused-ring (bicyclic) bond motifs is 1. The van der Waals surface area contributed by atoms with E-state index in [1.54, 1.807) is 30.0 Å². The van der Waals surface area contributed by atoms with Crippen molar-refractivity contribution < 1.29 is 14.6 Å². The minimum atomic E-state index is -0.498. The van der Waals surface area contributed by atoms with Crippen LogP contribution in [0.25, 0.3) is 16.5 Å². The maximum Gasteiger partial charge on any atom is 0.262 e. The molecule has 33 heavy (non-hydrogen) atoms. The fourth-order valence-corrected chi connectivity index (χ4v) is 4.19. The van der Waals surface area contributed by atoms with Crippen molar-refractivity contribution >= 4 is 16.5 Å². The molecule has 1 aliphatic heterocycles. The van der Waals surface area contributed by atoms with Gasteiger partial charge in [0.1, 0.15) is 18.1 Å². The number of methoxy groups -OCH3 is 1. The zero-order valence-corrected chi connectivity index (χ0v) is 19.7. The lowest BCUT2D eigenvalue weighted by atomic mass is 10.1. The van der Waals surface area contributed by atoms with Crippen LogP contribution in [0.1, 0.15) is 19.8 Å². The van der Waals surface area contributed by atoms with Crippen molar-refractivity contribution in [2.75, 3.05) is 51.8 Å². The van der Waals surface area contributed by atoms with Crippen LogP contribution < -0.4 is 19.9 Å².